The number of carbonyl (C=O) groups is 1. The van der Waals surface area contributed by atoms with Crippen LogP contribution in [0.15, 0.2) is 18.2 Å². The van der Waals surface area contributed by atoms with Crippen molar-refractivity contribution in [1.82, 2.24) is 0 Å². The van der Waals surface area contributed by atoms with E-state index in [0.717, 1.165) is 17.4 Å². The minimum atomic E-state index is 0.554. The van der Waals surface area contributed by atoms with E-state index in [9.17, 15) is 4.79 Å². The summed E-state index contributed by atoms with van der Waals surface area (Å²) in [6.07, 6.45) is 1.54. The van der Waals surface area contributed by atoms with E-state index in [0.29, 0.717) is 17.9 Å². The predicted molar refractivity (Wildman–Crippen MR) is 58.8 cm³/mol. The van der Waals surface area contributed by atoms with Crippen molar-refractivity contribution in [2.45, 2.75) is 13.3 Å². The van der Waals surface area contributed by atoms with Gasteiger partial charge in [0.2, 0.25) is 0 Å². The molecule has 0 saturated heterocycles. The number of rotatable bonds is 2. The Morgan fingerprint density at radius 2 is 2.29 bits per heavy atom. The van der Waals surface area contributed by atoms with Crippen molar-refractivity contribution in [3.8, 4) is 11.8 Å². The Balaban J connectivity index is 2.88. The summed E-state index contributed by atoms with van der Waals surface area (Å²) in [5, 5.41) is 0. The average Bonchev–Trinajstić information content (AvgIpc) is 2.18. The van der Waals surface area contributed by atoms with Crippen molar-refractivity contribution in [2.75, 3.05) is 5.88 Å². The van der Waals surface area contributed by atoms with Gasteiger partial charge >= 0.3 is 0 Å². The van der Waals surface area contributed by atoms with E-state index in [1.54, 1.807) is 6.07 Å². The second kappa shape index (κ2) is 5.47. The molecule has 1 aromatic carbocycles. The molecule has 1 rings (SSSR count). The maximum atomic E-state index is 10.5. The van der Waals surface area contributed by atoms with Gasteiger partial charge in [-0.25, -0.2) is 0 Å². The normalized spacial score (nSPS) is 9.00. The fourth-order valence-electron chi connectivity index (χ4n) is 1.10. The molecule has 0 aromatic heterocycles. The summed E-state index contributed by atoms with van der Waals surface area (Å²) in [6, 6.07) is 5.54. The van der Waals surface area contributed by atoms with Crippen molar-refractivity contribution in [3.63, 3.8) is 0 Å². The average molecular weight is 207 g/mol. The SMILES string of the molecule is Cc1cc(C#CCCCl)ccc1C=O. The number of aldehydes is 1. The maximum absolute atomic E-state index is 10.5. The van der Waals surface area contributed by atoms with Gasteiger partial charge in [0.25, 0.3) is 0 Å². The van der Waals surface area contributed by atoms with Crippen LogP contribution >= 0.6 is 11.6 Å². The summed E-state index contributed by atoms with van der Waals surface area (Å²) < 4.78 is 0. The molecule has 2 heteroatoms. The van der Waals surface area contributed by atoms with Gasteiger partial charge in [0.15, 0.2) is 0 Å². The molecule has 0 unspecified atom stereocenters. The lowest BCUT2D eigenvalue weighted by Gasteiger charge is -1.97. The third-order valence-electron chi connectivity index (χ3n) is 1.85. The van der Waals surface area contributed by atoms with Gasteiger partial charge in [-0.2, -0.15) is 0 Å². The number of aryl methyl sites for hydroxylation is 1. The molecule has 1 nitrogen and oxygen atoms in total. The number of alkyl halides is 1. The summed E-state index contributed by atoms with van der Waals surface area (Å²) in [5.74, 6) is 6.49. The van der Waals surface area contributed by atoms with Crippen LogP contribution in [0.5, 0.6) is 0 Å². The molecule has 72 valence electrons. The minimum Gasteiger partial charge on any atom is -0.298 e. The Morgan fingerprint density at radius 1 is 1.50 bits per heavy atom. The van der Waals surface area contributed by atoms with Crippen LogP contribution in [0, 0.1) is 18.8 Å². The van der Waals surface area contributed by atoms with Crippen LogP contribution in [0.4, 0.5) is 0 Å². The van der Waals surface area contributed by atoms with Crippen molar-refractivity contribution >= 4 is 17.9 Å². The van der Waals surface area contributed by atoms with Gasteiger partial charge in [0, 0.05) is 23.4 Å². The first-order valence-corrected chi connectivity index (χ1v) is 4.92. The second-order valence-electron chi connectivity index (χ2n) is 2.93. The Labute approximate surface area is 89.1 Å². The van der Waals surface area contributed by atoms with Crippen LogP contribution in [0.1, 0.15) is 27.9 Å². The van der Waals surface area contributed by atoms with E-state index >= 15 is 0 Å². The molecule has 1 aromatic rings. The summed E-state index contributed by atoms with van der Waals surface area (Å²) in [5.41, 5.74) is 2.60. The van der Waals surface area contributed by atoms with Gasteiger partial charge < -0.3 is 0 Å². The van der Waals surface area contributed by atoms with E-state index < -0.39 is 0 Å². The summed E-state index contributed by atoms with van der Waals surface area (Å²) in [4.78, 5) is 10.5. The third kappa shape index (κ3) is 2.90. The molecule has 0 saturated carbocycles. The number of hydrogen-bond acceptors (Lipinski definition) is 1. The molecule has 0 radical (unpaired) electrons. The molecule has 0 N–H and O–H groups in total. The smallest absolute Gasteiger partial charge is 0.150 e. The van der Waals surface area contributed by atoms with Crippen LogP contribution in [-0.4, -0.2) is 12.2 Å². The van der Waals surface area contributed by atoms with Gasteiger partial charge in [-0.15, -0.1) is 11.6 Å². The van der Waals surface area contributed by atoms with E-state index in [1.807, 2.05) is 19.1 Å². The minimum absolute atomic E-state index is 0.554. The van der Waals surface area contributed by atoms with Crippen LogP contribution in [0.3, 0.4) is 0 Å². The van der Waals surface area contributed by atoms with Gasteiger partial charge in [0.1, 0.15) is 6.29 Å². The van der Waals surface area contributed by atoms with Crippen LogP contribution in [-0.2, 0) is 0 Å². The Morgan fingerprint density at radius 3 is 2.86 bits per heavy atom. The molecule has 0 amide bonds. The molecule has 0 aliphatic carbocycles. The van der Waals surface area contributed by atoms with E-state index in [4.69, 9.17) is 11.6 Å². The third-order valence-corrected chi connectivity index (χ3v) is 2.04. The van der Waals surface area contributed by atoms with Gasteiger partial charge in [0.05, 0.1) is 0 Å². The summed E-state index contributed by atoms with van der Waals surface area (Å²) >= 11 is 5.50. The second-order valence-corrected chi connectivity index (χ2v) is 3.31. The maximum Gasteiger partial charge on any atom is 0.150 e. The first-order valence-electron chi connectivity index (χ1n) is 4.38. The Bertz CT molecular complexity index is 385. The fourth-order valence-corrected chi connectivity index (χ4v) is 1.19. The highest BCUT2D eigenvalue weighted by Gasteiger charge is 1.95. The standard InChI is InChI=1S/C12H11ClO/c1-10-8-11(4-2-3-7-13)5-6-12(10)9-14/h5-6,8-9H,3,7H2,1H3. The molecular weight excluding hydrogens is 196 g/mol. The molecule has 0 heterocycles. The lowest BCUT2D eigenvalue weighted by Crippen LogP contribution is -1.86. The molecule has 0 aliphatic heterocycles. The number of hydrogen-bond donors (Lipinski definition) is 0. The van der Waals surface area contributed by atoms with Crippen molar-refractivity contribution in [3.05, 3.63) is 34.9 Å². The van der Waals surface area contributed by atoms with E-state index in [-0.39, 0.29) is 0 Å². The quantitative estimate of drug-likeness (QED) is 0.413. The highest BCUT2D eigenvalue weighted by molar-refractivity contribution is 6.18. The predicted octanol–water partition coefficient (Wildman–Crippen LogP) is 2.79. The lowest BCUT2D eigenvalue weighted by molar-refractivity contribution is 0.112. The van der Waals surface area contributed by atoms with Crippen molar-refractivity contribution < 1.29 is 4.79 Å². The summed E-state index contributed by atoms with van der Waals surface area (Å²) in [7, 11) is 0. The van der Waals surface area contributed by atoms with Gasteiger partial charge in [-0.3, -0.25) is 4.79 Å². The molecule has 14 heavy (non-hydrogen) atoms. The lowest BCUT2D eigenvalue weighted by atomic mass is 10.1. The van der Waals surface area contributed by atoms with E-state index in [2.05, 4.69) is 11.8 Å². The van der Waals surface area contributed by atoms with Crippen LogP contribution in [0.2, 0.25) is 0 Å². The topological polar surface area (TPSA) is 17.1 Å². The zero-order chi connectivity index (χ0) is 10.4. The molecule has 0 atom stereocenters. The molecular formula is C12H11ClO. The van der Waals surface area contributed by atoms with Gasteiger partial charge in [-0.05, 0) is 24.6 Å². The van der Waals surface area contributed by atoms with Crippen molar-refractivity contribution in [1.29, 1.82) is 0 Å². The molecule has 0 aliphatic rings. The zero-order valence-corrected chi connectivity index (χ0v) is 8.77. The van der Waals surface area contributed by atoms with Gasteiger partial charge in [-0.1, -0.05) is 17.9 Å². The first kappa shape index (κ1) is 10.8. The zero-order valence-electron chi connectivity index (χ0n) is 8.01. The Hall–Kier alpha value is -1.26. The number of halogens is 1. The van der Waals surface area contributed by atoms with Crippen molar-refractivity contribution in [2.24, 2.45) is 0 Å². The van der Waals surface area contributed by atoms with E-state index in [1.165, 1.54) is 0 Å². The number of benzene rings is 1. The largest absolute Gasteiger partial charge is 0.298 e. The molecule has 0 fully saturated rings. The van der Waals surface area contributed by atoms with Crippen LogP contribution in [0.25, 0.3) is 0 Å². The first-order chi connectivity index (χ1) is 6.77. The monoisotopic (exact) mass is 206 g/mol. The fraction of sp³-hybridized carbons (Fsp3) is 0.250. The highest BCUT2D eigenvalue weighted by atomic mass is 35.5. The number of carbonyl (C=O) groups excluding carboxylic acids is 1. The van der Waals surface area contributed by atoms with Crippen LogP contribution < -0.4 is 0 Å². The molecule has 0 spiro atoms. The summed E-state index contributed by atoms with van der Waals surface area (Å²) in [6.45, 7) is 1.90. The highest BCUT2D eigenvalue weighted by Crippen LogP contribution is 2.07. The molecule has 0 bridgehead atoms. The Kier molecular flexibility index (Phi) is 4.22.